The number of aromatic nitrogens is 1. The van der Waals surface area contributed by atoms with Crippen LogP contribution in [0, 0.1) is 0 Å². The van der Waals surface area contributed by atoms with E-state index >= 15 is 0 Å². The number of hydrogen-bond donors (Lipinski definition) is 2. The van der Waals surface area contributed by atoms with E-state index in [4.69, 9.17) is 9.84 Å². The minimum atomic E-state index is -0.867. The molecule has 3 aliphatic rings. The van der Waals surface area contributed by atoms with Gasteiger partial charge in [-0.05, 0) is 49.4 Å². The summed E-state index contributed by atoms with van der Waals surface area (Å²) < 4.78 is 5.21. The maximum atomic E-state index is 12.2. The number of likely N-dealkylation sites (N-methyl/N-ethyl adjacent to an activating group) is 1. The van der Waals surface area contributed by atoms with E-state index in [1.165, 1.54) is 5.56 Å². The minimum Gasteiger partial charge on any atom is -0.482 e. The SMILES string of the molecule is CN1C(=O)COc2ccccc21.O=C(O)CCN1CCN(CCCc2ccc3c(n2)NCCC3)C1=O. The van der Waals surface area contributed by atoms with Crippen molar-refractivity contribution in [3.63, 3.8) is 0 Å². The Morgan fingerprint density at radius 3 is 2.69 bits per heavy atom. The number of anilines is 2. The number of carbonyl (C=O) groups excluding carboxylic acids is 2. The molecule has 3 amide bonds. The highest BCUT2D eigenvalue weighted by atomic mass is 16.5. The molecule has 0 atom stereocenters. The molecule has 3 aliphatic heterocycles. The molecule has 192 valence electrons. The molecule has 0 spiro atoms. The highest BCUT2D eigenvalue weighted by Crippen LogP contribution is 2.29. The van der Waals surface area contributed by atoms with Crippen molar-refractivity contribution in [3.8, 4) is 5.75 Å². The number of benzene rings is 1. The molecule has 0 bridgehead atoms. The van der Waals surface area contributed by atoms with Crippen LogP contribution in [0.2, 0.25) is 0 Å². The number of nitrogens with zero attached hydrogens (tertiary/aromatic N) is 4. The van der Waals surface area contributed by atoms with Crippen molar-refractivity contribution < 1.29 is 24.2 Å². The van der Waals surface area contributed by atoms with E-state index in [2.05, 4.69) is 22.4 Å². The lowest BCUT2D eigenvalue weighted by atomic mass is 10.1. The largest absolute Gasteiger partial charge is 0.482 e. The van der Waals surface area contributed by atoms with Gasteiger partial charge in [0.2, 0.25) is 0 Å². The number of para-hydroxylation sites is 2. The van der Waals surface area contributed by atoms with Crippen LogP contribution in [0.25, 0.3) is 0 Å². The van der Waals surface area contributed by atoms with Gasteiger partial charge in [-0.1, -0.05) is 18.2 Å². The smallest absolute Gasteiger partial charge is 0.320 e. The van der Waals surface area contributed by atoms with Gasteiger partial charge in [-0.3, -0.25) is 9.59 Å². The third-order valence-corrected chi connectivity index (χ3v) is 6.54. The summed E-state index contributed by atoms with van der Waals surface area (Å²) in [6.45, 7) is 3.41. The number of amides is 3. The summed E-state index contributed by atoms with van der Waals surface area (Å²) in [6.07, 6.45) is 3.96. The second kappa shape index (κ2) is 11.7. The van der Waals surface area contributed by atoms with Crippen LogP contribution in [-0.2, 0) is 22.4 Å². The van der Waals surface area contributed by atoms with E-state index in [-0.39, 0.29) is 25.0 Å². The number of pyridine rings is 1. The summed E-state index contributed by atoms with van der Waals surface area (Å²) in [5.74, 6) is 0.914. The zero-order valence-electron chi connectivity index (χ0n) is 20.6. The highest BCUT2D eigenvalue weighted by molar-refractivity contribution is 5.97. The molecule has 4 heterocycles. The lowest BCUT2D eigenvalue weighted by Crippen LogP contribution is -2.35. The van der Waals surface area contributed by atoms with Gasteiger partial charge in [0.1, 0.15) is 11.6 Å². The van der Waals surface area contributed by atoms with Gasteiger partial charge in [-0.25, -0.2) is 9.78 Å². The van der Waals surface area contributed by atoms with Crippen molar-refractivity contribution >= 4 is 29.4 Å². The van der Waals surface area contributed by atoms with E-state index in [9.17, 15) is 14.4 Å². The quantitative estimate of drug-likeness (QED) is 0.607. The number of carboxylic acids is 1. The van der Waals surface area contributed by atoms with Crippen LogP contribution in [0.3, 0.4) is 0 Å². The number of nitrogens with one attached hydrogen (secondary N) is 1. The molecule has 0 radical (unpaired) electrons. The van der Waals surface area contributed by atoms with Gasteiger partial charge in [0.05, 0.1) is 12.1 Å². The Bertz CT molecular complexity index is 1110. The van der Waals surface area contributed by atoms with E-state index in [1.54, 1.807) is 21.7 Å². The molecule has 5 rings (SSSR count). The summed E-state index contributed by atoms with van der Waals surface area (Å²) in [6, 6.07) is 11.7. The Balaban J connectivity index is 0.000000211. The Morgan fingerprint density at radius 1 is 1.11 bits per heavy atom. The lowest BCUT2D eigenvalue weighted by Gasteiger charge is -2.25. The number of aryl methyl sites for hydroxylation is 2. The maximum absolute atomic E-state index is 12.2. The van der Waals surface area contributed by atoms with E-state index in [1.807, 2.05) is 24.3 Å². The van der Waals surface area contributed by atoms with Gasteiger partial charge in [0.15, 0.2) is 6.61 Å². The third-order valence-electron chi connectivity index (χ3n) is 6.54. The number of fused-ring (bicyclic) bond motifs is 2. The Morgan fingerprint density at radius 2 is 1.89 bits per heavy atom. The first-order chi connectivity index (χ1) is 17.4. The fourth-order valence-corrected chi connectivity index (χ4v) is 4.46. The molecule has 1 aromatic heterocycles. The molecule has 0 aliphatic carbocycles. The van der Waals surface area contributed by atoms with Crippen LogP contribution in [0.15, 0.2) is 36.4 Å². The van der Waals surface area contributed by atoms with Crippen LogP contribution >= 0.6 is 0 Å². The standard InChI is InChI=1S/C17H24N4O3.C9H9NO2/c22-15(23)7-10-21-12-11-20(17(21)24)9-2-4-14-6-5-13-3-1-8-18-16(13)19-14;1-10-7-4-2-3-5-8(7)12-6-9(10)11/h5-6H,1-4,7-12H2,(H,18,19)(H,22,23);2-5H,6H2,1H3. The number of carboxylic acid groups (broad SMARTS) is 1. The average Bonchev–Trinajstić information content (AvgIpc) is 3.24. The molecule has 1 aromatic carbocycles. The first-order valence-corrected chi connectivity index (χ1v) is 12.4. The molecule has 2 N–H and O–H groups in total. The summed E-state index contributed by atoms with van der Waals surface area (Å²) in [5, 5.41) is 12.1. The van der Waals surface area contributed by atoms with Crippen LogP contribution in [-0.4, -0.2) is 84.2 Å². The fourth-order valence-electron chi connectivity index (χ4n) is 4.46. The van der Waals surface area contributed by atoms with Crippen molar-refractivity contribution in [2.75, 3.05) is 56.6 Å². The second-order valence-corrected chi connectivity index (χ2v) is 9.05. The predicted molar refractivity (Wildman–Crippen MR) is 136 cm³/mol. The van der Waals surface area contributed by atoms with Crippen molar-refractivity contribution in [1.29, 1.82) is 0 Å². The third kappa shape index (κ3) is 6.24. The van der Waals surface area contributed by atoms with Crippen molar-refractivity contribution in [3.05, 3.63) is 47.7 Å². The van der Waals surface area contributed by atoms with Gasteiger partial charge in [0.25, 0.3) is 5.91 Å². The summed E-state index contributed by atoms with van der Waals surface area (Å²) in [4.78, 5) is 43.7. The van der Waals surface area contributed by atoms with Crippen molar-refractivity contribution in [1.82, 2.24) is 14.8 Å². The molecule has 36 heavy (non-hydrogen) atoms. The minimum absolute atomic E-state index is 0.00558. The van der Waals surface area contributed by atoms with E-state index in [0.29, 0.717) is 26.2 Å². The number of carbonyl (C=O) groups is 3. The van der Waals surface area contributed by atoms with Gasteiger partial charge < -0.3 is 29.9 Å². The zero-order valence-corrected chi connectivity index (χ0v) is 20.6. The monoisotopic (exact) mass is 495 g/mol. The van der Waals surface area contributed by atoms with Crippen LogP contribution in [0.1, 0.15) is 30.5 Å². The van der Waals surface area contributed by atoms with Gasteiger partial charge >= 0.3 is 12.0 Å². The van der Waals surface area contributed by atoms with E-state index in [0.717, 1.165) is 55.2 Å². The van der Waals surface area contributed by atoms with Crippen molar-refractivity contribution in [2.45, 2.75) is 32.1 Å². The molecule has 2 aromatic rings. The number of ether oxygens (including phenoxy) is 1. The Labute approximate surface area is 210 Å². The summed E-state index contributed by atoms with van der Waals surface area (Å²) in [7, 11) is 1.75. The number of urea groups is 1. The first-order valence-electron chi connectivity index (χ1n) is 12.4. The molecular weight excluding hydrogens is 462 g/mol. The normalized spacial score (nSPS) is 16.4. The average molecular weight is 496 g/mol. The van der Waals surface area contributed by atoms with Crippen LogP contribution in [0.5, 0.6) is 5.75 Å². The molecule has 1 fully saturated rings. The Hall–Kier alpha value is -3.82. The van der Waals surface area contributed by atoms with Gasteiger partial charge in [-0.2, -0.15) is 0 Å². The summed E-state index contributed by atoms with van der Waals surface area (Å²) in [5.41, 5.74) is 3.18. The maximum Gasteiger partial charge on any atom is 0.320 e. The van der Waals surface area contributed by atoms with Crippen LogP contribution < -0.4 is 15.0 Å². The number of hydrogen-bond acceptors (Lipinski definition) is 6. The molecule has 1 saturated heterocycles. The van der Waals surface area contributed by atoms with Gasteiger partial charge in [-0.15, -0.1) is 0 Å². The second-order valence-electron chi connectivity index (χ2n) is 9.05. The van der Waals surface area contributed by atoms with Crippen molar-refractivity contribution in [2.24, 2.45) is 0 Å². The number of rotatable bonds is 7. The van der Waals surface area contributed by atoms with Gasteiger partial charge in [0, 0.05) is 45.5 Å². The highest BCUT2D eigenvalue weighted by Gasteiger charge is 2.28. The van der Waals surface area contributed by atoms with Crippen LogP contribution in [0.4, 0.5) is 16.3 Å². The lowest BCUT2D eigenvalue weighted by molar-refractivity contribution is -0.137. The molecule has 0 unspecified atom stereocenters. The zero-order chi connectivity index (χ0) is 25.5. The molecular formula is C26H33N5O5. The fraction of sp³-hybridized carbons (Fsp3) is 0.462. The topological polar surface area (TPSA) is 115 Å². The first kappa shape index (κ1) is 25.3. The molecule has 10 heteroatoms. The Kier molecular flexibility index (Phi) is 8.24. The molecule has 0 saturated carbocycles. The molecule has 10 nitrogen and oxygen atoms in total. The number of aliphatic carboxylic acids is 1. The summed E-state index contributed by atoms with van der Waals surface area (Å²) >= 11 is 0. The predicted octanol–water partition coefficient (Wildman–Crippen LogP) is 2.63. The van der Waals surface area contributed by atoms with E-state index < -0.39 is 5.97 Å².